The van der Waals surface area contributed by atoms with E-state index in [1.54, 1.807) is 0 Å². The van der Waals surface area contributed by atoms with Crippen LogP contribution in [0.25, 0.3) is 0 Å². The molecule has 0 amide bonds. The monoisotopic (exact) mass is 142 g/mol. The molecule has 1 aliphatic carbocycles. The van der Waals surface area contributed by atoms with Gasteiger partial charge in [0.1, 0.15) is 0 Å². The Bertz CT molecular complexity index is 108. The fourth-order valence-corrected chi connectivity index (χ4v) is 1.21. The maximum absolute atomic E-state index is 5.29. The molecule has 2 N–H and O–H groups in total. The predicted molar refractivity (Wildman–Crippen MR) is 38.8 cm³/mol. The van der Waals surface area contributed by atoms with E-state index >= 15 is 0 Å². The molecule has 1 unspecified atom stereocenters. The average molecular weight is 142 g/mol. The topological polar surface area (TPSA) is 33.3 Å². The van der Waals surface area contributed by atoms with Crippen molar-refractivity contribution in [2.75, 3.05) is 19.8 Å². The number of hydrogen-bond donors (Lipinski definition) is 2. The molecule has 2 fully saturated rings. The van der Waals surface area contributed by atoms with Gasteiger partial charge in [-0.2, -0.15) is 0 Å². The Morgan fingerprint density at radius 2 is 2.30 bits per heavy atom. The van der Waals surface area contributed by atoms with Crippen molar-refractivity contribution in [3.05, 3.63) is 0 Å². The zero-order valence-electron chi connectivity index (χ0n) is 6.10. The molecule has 10 heavy (non-hydrogen) atoms. The Labute approximate surface area is 61.1 Å². The second-order valence-corrected chi connectivity index (χ2v) is 3.02. The summed E-state index contributed by atoms with van der Waals surface area (Å²) in [5, 5.41) is 6.81. The van der Waals surface area contributed by atoms with Crippen molar-refractivity contribution < 1.29 is 4.74 Å². The van der Waals surface area contributed by atoms with Crippen LogP contribution in [-0.4, -0.2) is 32.0 Å². The third-order valence-corrected chi connectivity index (χ3v) is 1.94. The van der Waals surface area contributed by atoms with Crippen LogP contribution in [0, 0.1) is 0 Å². The van der Waals surface area contributed by atoms with Crippen LogP contribution in [0.2, 0.25) is 0 Å². The molecule has 0 aromatic heterocycles. The van der Waals surface area contributed by atoms with Crippen molar-refractivity contribution in [1.82, 2.24) is 10.6 Å². The van der Waals surface area contributed by atoms with Crippen molar-refractivity contribution in [2.45, 2.75) is 25.0 Å². The summed E-state index contributed by atoms with van der Waals surface area (Å²) < 4.78 is 5.29. The summed E-state index contributed by atoms with van der Waals surface area (Å²) in [6.07, 6.45) is 3.11. The molecule has 2 aliphatic rings. The van der Waals surface area contributed by atoms with E-state index in [1.807, 2.05) is 0 Å². The first-order valence-corrected chi connectivity index (χ1v) is 4.02. The number of morpholine rings is 1. The SMILES string of the molecule is C1COCC(NC2CC2)N1. The van der Waals surface area contributed by atoms with E-state index in [-0.39, 0.29) is 0 Å². The summed E-state index contributed by atoms with van der Waals surface area (Å²) >= 11 is 0. The van der Waals surface area contributed by atoms with E-state index < -0.39 is 0 Å². The van der Waals surface area contributed by atoms with Gasteiger partial charge < -0.3 is 4.74 Å². The molecule has 1 aliphatic heterocycles. The minimum atomic E-state index is 0.418. The molecule has 3 heteroatoms. The molecule has 0 radical (unpaired) electrons. The van der Waals surface area contributed by atoms with Gasteiger partial charge in [0.25, 0.3) is 0 Å². The van der Waals surface area contributed by atoms with Crippen LogP contribution in [-0.2, 0) is 4.74 Å². The third-order valence-electron chi connectivity index (χ3n) is 1.94. The second-order valence-electron chi connectivity index (χ2n) is 3.02. The summed E-state index contributed by atoms with van der Waals surface area (Å²) in [7, 11) is 0. The molecule has 0 aromatic rings. The van der Waals surface area contributed by atoms with E-state index in [1.165, 1.54) is 12.8 Å². The van der Waals surface area contributed by atoms with Gasteiger partial charge in [-0.15, -0.1) is 0 Å². The number of rotatable bonds is 2. The van der Waals surface area contributed by atoms with Gasteiger partial charge in [-0.1, -0.05) is 0 Å². The largest absolute Gasteiger partial charge is 0.377 e. The van der Waals surface area contributed by atoms with Gasteiger partial charge in [0, 0.05) is 12.6 Å². The fraction of sp³-hybridized carbons (Fsp3) is 1.00. The summed E-state index contributed by atoms with van der Waals surface area (Å²) in [6.45, 7) is 2.68. The summed E-state index contributed by atoms with van der Waals surface area (Å²) in [5.41, 5.74) is 0. The van der Waals surface area contributed by atoms with Gasteiger partial charge in [-0.3, -0.25) is 10.6 Å². The van der Waals surface area contributed by atoms with Gasteiger partial charge in [0.2, 0.25) is 0 Å². The Hall–Kier alpha value is -0.120. The van der Waals surface area contributed by atoms with Crippen molar-refractivity contribution in [3.63, 3.8) is 0 Å². The molecule has 1 heterocycles. The van der Waals surface area contributed by atoms with Gasteiger partial charge in [0.05, 0.1) is 19.4 Å². The maximum Gasteiger partial charge on any atom is 0.0816 e. The lowest BCUT2D eigenvalue weighted by Crippen LogP contribution is -2.51. The molecule has 1 saturated carbocycles. The van der Waals surface area contributed by atoms with E-state index in [4.69, 9.17) is 4.74 Å². The van der Waals surface area contributed by atoms with Gasteiger partial charge >= 0.3 is 0 Å². The van der Waals surface area contributed by atoms with E-state index in [0.717, 1.165) is 25.8 Å². The first-order chi connectivity index (χ1) is 4.95. The number of nitrogens with one attached hydrogen (secondary N) is 2. The van der Waals surface area contributed by atoms with Crippen molar-refractivity contribution in [3.8, 4) is 0 Å². The molecule has 0 spiro atoms. The Balaban J connectivity index is 1.69. The van der Waals surface area contributed by atoms with Crippen LogP contribution in [0.3, 0.4) is 0 Å². The molecule has 0 aromatic carbocycles. The van der Waals surface area contributed by atoms with Crippen molar-refractivity contribution in [1.29, 1.82) is 0 Å². The van der Waals surface area contributed by atoms with E-state index in [9.17, 15) is 0 Å². The summed E-state index contributed by atoms with van der Waals surface area (Å²) in [6, 6.07) is 0.777. The summed E-state index contributed by atoms with van der Waals surface area (Å²) in [5.74, 6) is 0. The lowest BCUT2D eigenvalue weighted by atomic mass is 10.4. The number of ether oxygens (including phenoxy) is 1. The first kappa shape index (κ1) is 6.58. The lowest BCUT2D eigenvalue weighted by Gasteiger charge is -2.24. The minimum Gasteiger partial charge on any atom is -0.377 e. The first-order valence-electron chi connectivity index (χ1n) is 4.02. The maximum atomic E-state index is 5.29. The molecule has 1 atom stereocenters. The van der Waals surface area contributed by atoms with E-state index in [0.29, 0.717) is 6.17 Å². The van der Waals surface area contributed by atoms with E-state index in [2.05, 4.69) is 10.6 Å². The number of hydrogen-bond acceptors (Lipinski definition) is 3. The van der Waals surface area contributed by atoms with Gasteiger partial charge in [-0.05, 0) is 12.8 Å². The van der Waals surface area contributed by atoms with Crippen LogP contribution < -0.4 is 10.6 Å². The average Bonchev–Trinajstić information content (AvgIpc) is 2.74. The highest BCUT2D eigenvalue weighted by Gasteiger charge is 2.25. The van der Waals surface area contributed by atoms with Gasteiger partial charge in [-0.25, -0.2) is 0 Å². The van der Waals surface area contributed by atoms with Crippen molar-refractivity contribution >= 4 is 0 Å². The molecule has 58 valence electrons. The highest BCUT2D eigenvalue weighted by molar-refractivity contribution is 4.84. The Kier molecular flexibility index (Phi) is 1.88. The van der Waals surface area contributed by atoms with Crippen molar-refractivity contribution in [2.24, 2.45) is 0 Å². The van der Waals surface area contributed by atoms with Crippen LogP contribution in [0.1, 0.15) is 12.8 Å². The zero-order chi connectivity index (χ0) is 6.81. The fourth-order valence-electron chi connectivity index (χ4n) is 1.21. The molecular formula is C7H14N2O. The third kappa shape index (κ3) is 1.68. The predicted octanol–water partition coefficient (Wildman–Crippen LogP) is -0.316. The Morgan fingerprint density at radius 3 is 2.90 bits per heavy atom. The minimum absolute atomic E-state index is 0.418. The molecule has 3 nitrogen and oxygen atoms in total. The molecular weight excluding hydrogens is 128 g/mol. The Morgan fingerprint density at radius 1 is 1.40 bits per heavy atom. The standard InChI is InChI=1S/C7H14N2O/c1-2-6(1)9-7-5-10-4-3-8-7/h6-9H,1-5H2. The molecule has 2 rings (SSSR count). The quantitative estimate of drug-likeness (QED) is 0.554. The van der Waals surface area contributed by atoms with Crippen LogP contribution >= 0.6 is 0 Å². The van der Waals surface area contributed by atoms with Crippen LogP contribution in [0.5, 0.6) is 0 Å². The lowest BCUT2D eigenvalue weighted by molar-refractivity contribution is 0.0652. The second kappa shape index (κ2) is 2.86. The van der Waals surface area contributed by atoms with Crippen LogP contribution in [0.4, 0.5) is 0 Å². The molecule has 1 saturated heterocycles. The normalized spacial score (nSPS) is 34.2. The summed E-state index contributed by atoms with van der Waals surface area (Å²) in [4.78, 5) is 0. The molecule has 0 bridgehead atoms. The van der Waals surface area contributed by atoms with Crippen LogP contribution in [0.15, 0.2) is 0 Å². The highest BCUT2D eigenvalue weighted by atomic mass is 16.5. The smallest absolute Gasteiger partial charge is 0.0816 e. The zero-order valence-corrected chi connectivity index (χ0v) is 6.10. The highest BCUT2D eigenvalue weighted by Crippen LogP contribution is 2.19. The van der Waals surface area contributed by atoms with Gasteiger partial charge in [0.15, 0.2) is 0 Å².